The largest absolute Gasteiger partial charge is 0.493 e. The molecule has 2 aromatic rings. The number of hydrazone groups is 1. The highest BCUT2D eigenvalue weighted by atomic mass is 79.9. The van der Waals surface area contributed by atoms with E-state index >= 15 is 0 Å². The Kier molecular flexibility index (Phi) is 8.07. The van der Waals surface area contributed by atoms with Gasteiger partial charge in [-0.2, -0.15) is 5.10 Å². The van der Waals surface area contributed by atoms with Gasteiger partial charge >= 0.3 is 0 Å². The molecule has 0 aliphatic carbocycles. The highest BCUT2D eigenvalue weighted by molar-refractivity contribution is 9.10. The number of methoxy groups -OCH3 is 3. The Labute approximate surface area is 183 Å². The van der Waals surface area contributed by atoms with Crippen molar-refractivity contribution < 1.29 is 27.4 Å². The van der Waals surface area contributed by atoms with Crippen LogP contribution < -0.4 is 23.9 Å². The van der Waals surface area contributed by atoms with E-state index in [0.717, 1.165) is 10.6 Å². The standard InChI is InChI=1S/C19H22BrN3O6S/c1-27-16-8-13(9-17(28-2)19(16)29-3)11-21-22-18(24)12-23(30(4,25)26)15-7-5-6-14(20)10-15/h5-11H,12H2,1-4H3,(H,22,24)/b21-11-. The molecule has 0 saturated heterocycles. The summed E-state index contributed by atoms with van der Waals surface area (Å²) in [5.74, 6) is 0.688. The van der Waals surface area contributed by atoms with E-state index < -0.39 is 22.5 Å². The van der Waals surface area contributed by atoms with Crippen molar-refractivity contribution in [2.24, 2.45) is 5.10 Å². The quantitative estimate of drug-likeness (QED) is 0.419. The van der Waals surface area contributed by atoms with E-state index in [-0.39, 0.29) is 0 Å². The predicted octanol–water partition coefficient (Wildman–Crippen LogP) is 2.39. The molecule has 0 aliphatic rings. The van der Waals surface area contributed by atoms with Gasteiger partial charge in [-0.1, -0.05) is 22.0 Å². The number of halogens is 1. The van der Waals surface area contributed by atoms with Crippen molar-refractivity contribution in [3.8, 4) is 17.2 Å². The molecule has 2 aromatic carbocycles. The van der Waals surface area contributed by atoms with Gasteiger partial charge in [-0.3, -0.25) is 9.10 Å². The number of amides is 1. The van der Waals surface area contributed by atoms with Gasteiger partial charge < -0.3 is 14.2 Å². The minimum Gasteiger partial charge on any atom is -0.493 e. The lowest BCUT2D eigenvalue weighted by Crippen LogP contribution is -2.39. The average molecular weight is 500 g/mol. The summed E-state index contributed by atoms with van der Waals surface area (Å²) < 4.78 is 41.7. The van der Waals surface area contributed by atoms with Crippen LogP contribution in [-0.2, 0) is 14.8 Å². The molecule has 0 heterocycles. The molecule has 0 radical (unpaired) electrons. The second-order valence-electron chi connectivity index (χ2n) is 6.00. The van der Waals surface area contributed by atoms with E-state index in [4.69, 9.17) is 14.2 Å². The number of sulfonamides is 1. The summed E-state index contributed by atoms with van der Waals surface area (Å²) in [4.78, 5) is 12.3. The minimum atomic E-state index is -3.68. The normalized spacial score (nSPS) is 11.2. The maximum Gasteiger partial charge on any atom is 0.260 e. The highest BCUT2D eigenvalue weighted by Crippen LogP contribution is 2.37. The van der Waals surface area contributed by atoms with Crippen molar-refractivity contribution in [2.75, 3.05) is 38.4 Å². The van der Waals surface area contributed by atoms with Crippen LogP contribution in [0.1, 0.15) is 5.56 Å². The number of hydrogen-bond donors (Lipinski definition) is 1. The van der Waals surface area contributed by atoms with Gasteiger partial charge in [0, 0.05) is 10.0 Å². The van der Waals surface area contributed by atoms with Crippen molar-refractivity contribution in [2.45, 2.75) is 0 Å². The molecule has 0 spiro atoms. The van der Waals surface area contributed by atoms with E-state index in [1.807, 2.05) is 0 Å². The Morgan fingerprint density at radius 2 is 1.77 bits per heavy atom. The Balaban J connectivity index is 2.15. The first kappa shape index (κ1) is 23.5. The molecule has 30 heavy (non-hydrogen) atoms. The van der Waals surface area contributed by atoms with E-state index in [1.54, 1.807) is 36.4 Å². The molecule has 0 aromatic heterocycles. The Morgan fingerprint density at radius 1 is 1.13 bits per heavy atom. The van der Waals surface area contributed by atoms with Gasteiger partial charge in [-0.05, 0) is 30.3 Å². The van der Waals surface area contributed by atoms with E-state index in [2.05, 4.69) is 26.5 Å². The molecule has 0 atom stereocenters. The predicted molar refractivity (Wildman–Crippen MR) is 118 cm³/mol. The molecule has 1 amide bonds. The first-order chi connectivity index (χ1) is 14.2. The molecule has 0 unspecified atom stereocenters. The second kappa shape index (κ2) is 10.3. The van der Waals surface area contributed by atoms with Crippen LogP contribution in [0.2, 0.25) is 0 Å². The number of hydrogen-bond acceptors (Lipinski definition) is 7. The van der Waals surface area contributed by atoms with Crippen LogP contribution >= 0.6 is 15.9 Å². The van der Waals surface area contributed by atoms with Gasteiger partial charge in [0.15, 0.2) is 11.5 Å². The molecule has 0 aliphatic heterocycles. The molecular weight excluding hydrogens is 478 g/mol. The van der Waals surface area contributed by atoms with E-state index in [1.165, 1.54) is 27.5 Å². The van der Waals surface area contributed by atoms with Crippen LogP contribution in [0.25, 0.3) is 0 Å². The first-order valence-corrected chi connectivity index (χ1v) is 11.2. The third-order valence-electron chi connectivity index (χ3n) is 3.87. The Hall–Kier alpha value is -2.79. The Morgan fingerprint density at radius 3 is 2.27 bits per heavy atom. The number of benzene rings is 2. The van der Waals surface area contributed by atoms with Crippen molar-refractivity contribution in [3.63, 3.8) is 0 Å². The lowest BCUT2D eigenvalue weighted by Gasteiger charge is -2.21. The van der Waals surface area contributed by atoms with E-state index in [9.17, 15) is 13.2 Å². The summed E-state index contributed by atoms with van der Waals surface area (Å²) in [6.07, 6.45) is 2.41. The average Bonchev–Trinajstić information content (AvgIpc) is 2.70. The molecule has 9 nitrogen and oxygen atoms in total. The van der Waals surface area contributed by atoms with Gasteiger partial charge in [-0.25, -0.2) is 13.8 Å². The highest BCUT2D eigenvalue weighted by Gasteiger charge is 2.21. The SMILES string of the molecule is COc1cc(/C=N\NC(=O)CN(c2cccc(Br)c2)S(C)(=O)=O)cc(OC)c1OC. The van der Waals surface area contributed by atoms with Gasteiger partial charge in [-0.15, -0.1) is 0 Å². The molecule has 11 heteroatoms. The van der Waals surface area contributed by atoms with Crippen LogP contribution in [0.4, 0.5) is 5.69 Å². The summed E-state index contributed by atoms with van der Waals surface area (Å²) in [7, 11) is 0.789. The fourth-order valence-corrected chi connectivity index (χ4v) is 3.79. The number of nitrogens with one attached hydrogen (secondary N) is 1. The van der Waals surface area contributed by atoms with Gasteiger partial charge in [0.25, 0.3) is 5.91 Å². The van der Waals surface area contributed by atoms with Crippen molar-refractivity contribution in [1.29, 1.82) is 0 Å². The second-order valence-corrected chi connectivity index (χ2v) is 8.82. The lowest BCUT2D eigenvalue weighted by molar-refractivity contribution is -0.119. The van der Waals surface area contributed by atoms with Crippen molar-refractivity contribution in [3.05, 3.63) is 46.4 Å². The molecule has 0 bridgehead atoms. The molecule has 1 N–H and O–H groups in total. The number of ether oxygens (including phenoxy) is 3. The van der Waals surface area contributed by atoms with Crippen LogP contribution in [-0.4, -0.2) is 54.7 Å². The smallest absolute Gasteiger partial charge is 0.260 e. The zero-order chi connectivity index (χ0) is 22.3. The summed E-state index contributed by atoms with van der Waals surface area (Å²) in [6.45, 7) is -0.429. The number of rotatable bonds is 9. The van der Waals surface area contributed by atoms with Crippen LogP contribution in [0.5, 0.6) is 17.2 Å². The zero-order valence-corrected chi connectivity index (χ0v) is 19.3. The van der Waals surface area contributed by atoms with Crippen molar-refractivity contribution >= 4 is 43.8 Å². The van der Waals surface area contributed by atoms with Gasteiger partial charge in [0.2, 0.25) is 15.8 Å². The maximum atomic E-state index is 12.3. The molecule has 0 saturated carbocycles. The monoisotopic (exact) mass is 499 g/mol. The van der Waals surface area contributed by atoms with Crippen LogP contribution in [0.15, 0.2) is 46.0 Å². The lowest BCUT2D eigenvalue weighted by atomic mass is 10.2. The number of carbonyl (C=O) groups excluding carboxylic acids is 1. The number of anilines is 1. The van der Waals surface area contributed by atoms with Crippen LogP contribution in [0, 0.1) is 0 Å². The number of carbonyl (C=O) groups is 1. The zero-order valence-electron chi connectivity index (χ0n) is 16.9. The Bertz CT molecular complexity index is 1020. The van der Waals surface area contributed by atoms with Gasteiger partial charge in [0.1, 0.15) is 6.54 Å². The number of nitrogens with zero attached hydrogens (tertiary/aromatic N) is 2. The minimum absolute atomic E-state index is 0.357. The molecular formula is C19H22BrN3O6S. The van der Waals surface area contributed by atoms with Gasteiger partial charge in [0.05, 0.1) is 39.5 Å². The molecule has 2 rings (SSSR count). The topological polar surface area (TPSA) is 107 Å². The first-order valence-electron chi connectivity index (χ1n) is 8.54. The maximum absolute atomic E-state index is 12.3. The summed E-state index contributed by atoms with van der Waals surface area (Å²) in [5.41, 5.74) is 3.26. The summed E-state index contributed by atoms with van der Waals surface area (Å²) in [5, 5.41) is 3.89. The van der Waals surface area contributed by atoms with Crippen LogP contribution in [0.3, 0.4) is 0 Å². The fraction of sp³-hybridized carbons (Fsp3) is 0.263. The fourth-order valence-electron chi connectivity index (χ4n) is 2.55. The summed E-state index contributed by atoms with van der Waals surface area (Å²) in [6, 6.07) is 9.94. The van der Waals surface area contributed by atoms with E-state index in [0.29, 0.717) is 33.0 Å². The van der Waals surface area contributed by atoms with Crippen molar-refractivity contribution in [1.82, 2.24) is 5.43 Å². The molecule has 0 fully saturated rings. The molecule has 162 valence electrons. The summed E-state index contributed by atoms with van der Waals surface area (Å²) >= 11 is 3.29. The third kappa shape index (κ3) is 6.10. The third-order valence-corrected chi connectivity index (χ3v) is 5.51.